The van der Waals surface area contributed by atoms with Crippen molar-refractivity contribution in [2.45, 2.75) is 13.3 Å². The van der Waals surface area contributed by atoms with E-state index in [2.05, 4.69) is 4.98 Å². The molecule has 0 bridgehead atoms. The summed E-state index contributed by atoms with van der Waals surface area (Å²) in [5.41, 5.74) is 0.0767. The molecule has 0 aliphatic carbocycles. The monoisotopic (exact) mass is 168 g/mol. The first-order chi connectivity index (χ1) is 5.66. The van der Waals surface area contributed by atoms with Crippen molar-refractivity contribution >= 4 is 0 Å². The van der Waals surface area contributed by atoms with Crippen LogP contribution in [0.2, 0.25) is 0 Å². The molecule has 1 heterocycles. The van der Waals surface area contributed by atoms with E-state index in [0.717, 1.165) is 6.07 Å². The molecule has 0 fully saturated rings. The first-order valence-corrected chi connectivity index (χ1v) is 3.30. The highest BCUT2D eigenvalue weighted by atomic mass is 19.3. The number of pyridine rings is 1. The van der Waals surface area contributed by atoms with Crippen LogP contribution in [-0.4, -0.2) is 4.98 Å². The molecule has 0 N–H and O–H groups in total. The third kappa shape index (κ3) is 1.40. The van der Waals surface area contributed by atoms with E-state index < -0.39 is 6.43 Å². The molecule has 4 heteroatoms. The lowest BCUT2D eigenvalue weighted by molar-refractivity contribution is 0.151. The normalized spacial score (nSPS) is 9.92. The lowest BCUT2D eigenvalue weighted by Crippen LogP contribution is -1.95. The van der Waals surface area contributed by atoms with E-state index in [1.165, 1.54) is 13.1 Å². The van der Waals surface area contributed by atoms with Crippen molar-refractivity contribution in [1.29, 1.82) is 5.26 Å². The molecule has 0 unspecified atom stereocenters. The largest absolute Gasteiger partial charge is 0.265 e. The van der Waals surface area contributed by atoms with Crippen LogP contribution in [-0.2, 0) is 0 Å². The molecule has 12 heavy (non-hydrogen) atoms. The zero-order chi connectivity index (χ0) is 9.14. The number of halogens is 2. The van der Waals surface area contributed by atoms with E-state index in [-0.39, 0.29) is 11.1 Å². The van der Waals surface area contributed by atoms with Gasteiger partial charge < -0.3 is 0 Å². The summed E-state index contributed by atoms with van der Waals surface area (Å²) < 4.78 is 24.4. The van der Waals surface area contributed by atoms with E-state index in [4.69, 9.17) is 5.26 Å². The van der Waals surface area contributed by atoms with Crippen LogP contribution < -0.4 is 0 Å². The number of hydrogen-bond donors (Lipinski definition) is 0. The number of hydrogen-bond acceptors (Lipinski definition) is 2. The van der Waals surface area contributed by atoms with Gasteiger partial charge in [0.1, 0.15) is 6.07 Å². The summed E-state index contributed by atoms with van der Waals surface area (Å²) in [6.07, 6.45) is -1.33. The highest BCUT2D eigenvalue weighted by Crippen LogP contribution is 2.22. The molecule has 0 aliphatic heterocycles. The van der Waals surface area contributed by atoms with E-state index in [0.29, 0.717) is 5.69 Å². The van der Waals surface area contributed by atoms with Crippen molar-refractivity contribution in [3.05, 3.63) is 29.1 Å². The Bertz CT molecular complexity index is 328. The molecule has 0 saturated heterocycles. The van der Waals surface area contributed by atoms with Gasteiger partial charge in [-0.15, -0.1) is 0 Å². The molecule has 0 radical (unpaired) electrons. The summed E-state index contributed by atoms with van der Waals surface area (Å²) in [7, 11) is 0. The SMILES string of the molecule is Cc1nccc(C(F)F)c1C#N. The summed E-state index contributed by atoms with van der Waals surface area (Å²) in [6, 6.07) is 2.87. The highest BCUT2D eigenvalue weighted by molar-refractivity contribution is 5.40. The average Bonchev–Trinajstić information content (AvgIpc) is 2.03. The first kappa shape index (κ1) is 8.60. The lowest BCUT2D eigenvalue weighted by Gasteiger charge is -2.02. The fourth-order valence-electron chi connectivity index (χ4n) is 0.913. The maximum absolute atomic E-state index is 12.2. The number of rotatable bonds is 1. The number of nitriles is 1. The average molecular weight is 168 g/mol. The Hall–Kier alpha value is -1.50. The van der Waals surface area contributed by atoms with Crippen molar-refractivity contribution < 1.29 is 8.78 Å². The van der Waals surface area contributed by atoms with Gasteiger partial charge in [0, 0.05) is 11.8 Å². The van der Waals surface area contributed by atoms with Gasteiger partial charge in [-0.05, 0) is 13.0 Å². The second kappa shape index (κ2) is 3.26. The number of alkyl halides is 2. The predicted octanol–water partition coefficient (Wildman–Crippen LogP) is 2.20. The Morgan fingerprint density at radius 2 is 2.25 bits per heavy atom. The second-order valence-corrected chi connectivity index (χ2v) is 2.27. The number of aryl methyl sites for hydroxylation is 1. The zero-order valence-corrected chi connectivity index (χ0v) is 6.38. The van der Waals surface area contributed by atoms with Crippen molar-refractivity contribution in [3.8, 4) is 6.07 Å². The summed E-state index contributed by atoms with van der Waals surface area (Å²) in [4.78, 5) is 3.74. The van der Waals surface area contributed by atoms with Crippen molar-refractivity contribution in [2.75, 3.05) is 0 Å². The van der Waals surface area contributed by atoms with Gasteiger partial charge in [-0.1, -0.05) is 0 Å². The van der Waals surface area contributed by atoms with E-state index in [1.807, 2.05) is 0 Å². The van der Waals surface area contributed by atoms with Gasteiger partial charge >= 0.3 is 0 Å². The third-order valence-electron chi connectivity index (χ3n) is 1.52. The number of aromatic nitrogens is 1. The number of nitrogens with zero attached hydrogens (tertiary/aromatic N) is 2. The molecule has 0 atom stereocenters. The van der Waals surface area contributed by atoms with Crippen LogP contribution in [0.3, 0.4) is 0 Å². The van der Waals surface area contributed by atoms with Crippen LogP contribution in [0.1, 0.15) is 23.2 Å². The molecule has 1 aromatic rings. The Balaban J connectivity index is 3.30. The second-order valence-electron chi connectivity index (χ2n) is 2.27. The van der Waals surface area contributed by atoms with E-state index in [9.17, 15) is 8.78 Å². The molecule has 1 rings (SSSR count). The minimum absolute atomic E-state index is 0.0208. The van der Waals surface area contributed by atoms with Gasteiger partial charge in [-0.2, -0.15) is 5.26 Å². The molecule has 0 aliphatic rings. The smallest absolute Gasteiger partial charge is 0.260 e. The molecule has 0 amide bonds. The van der Waals surface area contributed by atoms with Crippen LogP contribution >= 0.6 is 0 Å². The Kier molecular flexibility index (Phi) is 2.34. The standard InChI is InChI=1S/C8H6F2N2/c1-5-7(4-11)6(8(9)10)2-3-12-5/h2-3,8H,1H3. The van der Waals surface area contributed by atoms with Gasteiger partial charge in [0.15, 0.2) is 0 Å². The summed E-state index contributed by atoms with van der Waals surface area (Å²) >= 11 is 0. The minimum Gasteiger partial charge on any atom is -0.260 e. The van der Waals surface area contributed by atoms with Gasteiger partial charge in [-0.25, -0.2) is 8.78 Å². The Morgan fingerprint density at radius 1 is 1.58 bits per heavy atom. The topological polar surface area (TPSA) is 36.7 Å². The molecular formula is C8H6F2N2. The highest BCUT2D eigenvalue weighted by Gasteiger charge is 2.14. The molecule has 1 aromatic heterocycles. The summed E-state index contributed by atoms with van der Waals surface area (Å²) in [5.74, 6) is 0. The zero-order valence-electron chi connectivity index (χ0n) is 6.38. The van der Waals surface area contributed by atoms with Crippen molar-refractivity contribution in [1.82, 2.24) is 4.98 Å². The molecule has 0 saturated carbocycles. The fourth-order valence-corrected chi connectivity index (χ4v) is 0.913. The summed E-state index contributed by atoms with van der Waals surface area (Å²) in [5, 5.41) is 8.52. The quantitative estimate of drug-likeness (QED) is 0.644. The maximum Gasteiger partial charge on any atom is 0.265 e. The fraction of sp³-hybridized carbons (Fsp3) is 0.250. The molecule has 0 spiro atoms. The molecule has 0 aromatic carbocycles. The first-order valence-electron chi connectivity index (χ1n) is 3.30. The Morgan fingerprint density at radius 3 is 2.67 bits per heavy atom. The summed E-state index contributed by atoms with van der Waals surface area (Å²) in [6.45, 7) is 1.53. The van der Waals surface area contributed by atoms with Crippen LogP contribution in [0.25, 0.3) is 0 Å². The van der Waals surface area contributed by atoms with Crippen molar-refractivity contribution in [2.24, 2.45) is 0 Å². The molecular weight excluding hydrogens is 162 g/mol. The van der Waals surface area contributed by atoms with E-state index >= 15 is 0 Å². The predicted molar refractivity (Wildman–Crippen MR) is 38.6 cm³/mol. The van der Waals surface area contributed by atoms with Gasteiger partial charge in [0.05, 0.1) is 11.3 Å². The van der Waals surface area contributed by atoms with Gasteiger partial charge in [-0.3, -0.25) is 4.98 Å². The lowest BCUT2D eigenvalue weighted by atomic mass is 10.1. The van der Waals surface area contributed by atoms with Crippen LogP contribution in [0.15, 0.2) is 12.3 Å². The maximum atomic E-state index is 12.2. The molecule has 2 nitrogen and oxygen atoms in total. The van der Waals surface area contributed by atoms with E-state index in [1.54, 1.807) is 6.07 Å². The minimum atomic E-state index is -2.61. The molecule has 62 valence electrons. The van der Waals surface area contributed by atoms with Crippen LogP contribution in [0.5, 0.6) is 0 Å². The third-order valence-corrected chi connectivity index (χ3v) is 1.52. The Labute approximate surface area is 68.5 Å². The van der Waals surface area contributed by atoms with Gasteiger partial charge in [0.2, 0.25) is 0 Å². The van der Waals surface area contributed by atoms with Gasteiger partial charge in [0.25, 0.3) is 6.43 Å². The van der Waals surface area contributed by atoms with Crippen LogP contribution in [0, 0.1) is 18.3 Å². The van der Waals surface area contributed by atoms with Crippen LogP contribution in [0.4, 0.5) is 8.78 Å². The van der Waals surface area contributed by atoms with Crippen molar-refractivity contribution in [3.63, 3.8) is 0 Å².